The Kier molecular flexibility index (Phi) is 7.07. The number of fused-ring (bicyclic) bond motifs is 1. The Bertz CT molecular complexity index is 1070. The quantitative estimate of drug-likeness (QED) is 0.513. The van der Waals surface area contributed by atoms with Gasteiger partial charge in [-0.25, -0.2) is 4.98 Å². The van der Waals surface area contributed by atoms with E-state index in [2.05, 4.69) is 23.8 Å². The number of hydrogen-bond acceptors (Lipinski definition) is 7. The van der Waals surface area contributed by atoms with Crippen molar-refractivity contribution < 1.29 is 14.3 Å². The Morgan fingerprint density at radius 3 is 2.75 bits per heavy atom. The number of carbonyl (C=O) groups is 1. The van der Waals surface area contributed by atoms with Crippen LogP contribution in [0.25, 0.3) is 10.2 Å². The maximum atomic E-state index is 13.6. The van der Waals surface area contributed by atoms with Crippen LogP contribution < -0.4 is 9.64 Å². The number of carbonyl (C=O) groups excluding carboxylic acids is 1. The first-order chi connectivity index (χ1) is 15.5. The van der Waals surface area contributed by atoms with E-state index in [1.807, 2.05) is 42.8 Å². The highest BCUT2D eigenvalue weighted by Crippen LogP contribution is 2.32. The summed E-state index contributed by atoms with van der Waals surface area (Å²) >= 11 is 1.51. The van der Waals surface area contributed by atoms with Gasteiger partial charge in [0.1, 0.15) is 5.75 Å². The zero-order valence-corrected chi connectivity index (χ0v) is 20.0. The molecule has 1 aliphatic heterocycles. The number of hydrogen-bond donors (Lipinski definition) is 0. The van der Waals surface area contributed by atoms with Gasteiger partial charge in [0.15, 0.2) is 10.8 Å². The molecule has 3 aromatic rings. The van der Waals surface area contributed by atoms with Gasteiger partial charge in [0.05, 0.1) is 30.0 Å². The van der Waals surface area contributed by atoms with Crippen molar-refractivity contribution in [3.63, 3.8) is 0 Å². The molecule has 0 atom stereocenters. The molecular formula is C23H31N5O3S. The molecule has 32 heavy (non-hydrogen) atoms. The van der Waals surface area contributed by atoms with E-state index in [0.29, 0.717) is 24.0 Å². The van der Waals surface area contributed by atoms with Crippen molar-refractivity contribution in [2.24, 2.45) is 0 Å². The summed E-state index contributed by atoms with van der Waals surface area (Å²) < 4.78 is 14.0. The van der Waals surface area contributed by atoms with Gasteiger partial charge in [-0.1, -0.05) is 11.3 Å². The van der Waals surface area contributed by atoms with E-state index in [1.165, 1.54) is 11.3 Å². The van der Waals surface area contributed by atoms with Crippen LogP contribution in [0.2, 0.25) is 0 Å². The number of anilines is 1. The number of benzene rings is 1. The van der Waals surface area contributed by atoms with E-state index in [9.17, 15) is 4.79 Å². The number of rotatable bonds is 8. The number of aryl methyl sites for hydroxylation is 1. The summed E-state index contributed by atoms with van der Waals surface area (Å²) in [5.41, 5.74) is 2.29. The molecule has 0 radical (unpaired) electrons. The van der Waals surface area contributed by atoms with E-state index in [-0.39, 0.29) is 11.9 Å². The number of ether oxygens (including phenoxy) is 2. The molecule has 2 aromatic heterocycles. The smallest absolute Gasteiger partial charge is 0.280 e. The fourth-order valence-electron chi connectivity index (χ4n) is 3.87. The second-order valence-electron chi connectivity index (χ2n) is 8.18. The van der Waals surface area contributed by atoms with Crippen molar-refractivity contribution >= 4 is 32.6 Å². The molecule has 172 valence electrons. The largest absolute Gasteiger partial charge is 0.494 e. The third kappa shape index (κ3) is 4.95. The fraction of sp³-hybridized carbons (Fsp3) is 0.522. The highest BCUT2D eigenvalue weighted by Gasteiger charge is 2.25. The van der Waals surface area contributed by atoms with Crippen LogP contribution in [0.4, 0.5) is 5.13 Å². The van der Waals surface area contributed by atoms with Crippen LogP contribution in [-0.2, 0) is 4.74 Å². The fourth-order valence-corrected chi connectivity index (χ4v) is 4.89. The Labute approximate surface area is 192 Å². The molecule has 3 heterocycles. The van der Waals surface area contributed by atoms with Crippen molar-refractivity contribution in [3.8, 4) is 5.75 Å². The van der Waals surface area contributed by atoms with Crippen molar-refractivity contribution in [1.29, 1.82) is 0 Å². The summed E-state index contributed by atoms with van der Waals surface area (Å²) in [4.78, 5) is 22.5. The van der Waals surface area contributed by atoms with Gasteiger partial charge < -0.3 is 9.47 Å². The predicted molar refractivity (Wildman–Crippen MR) is 127 cm³/mol. The Morgan fingerprint density at radius 2 is 2.06 bits per heavy atom. The highest BCUT2D eigenvalue weighted by atomic mass is 32.1. The highest BCUT2D eigenvalue weighted by molar-refractivity contribution is 7.22. The standard InChI is InChI=1S/C23H31N5O3S/c1-5-31-18-6-7-19-21(15-18)32-23(24-19)27(9-8-26-10-12-30-13-11-26)22(29)20-14-17(4)28(25-20)16(2)3/h6-7,14-16H,5,8-13H2,1-4H3. The van der Waals surface area contributed by atoms with Gasteiger partial charge >= 0.3 is 0 Å². The molecule has 0 bridgehead atoms. The van der Waals surface area contributed by atoms with Gasteiger partial charge in [0, 0.05) is 37.9 Å². The van der Waals surface area contributed by atoms with E-state index >= 15 is 0 Å². The topological polar surface area (TPSA) is 72.7 Å². The molecule has 8 nitrogen and oxygen atoms in total. The maximum Gasteiger partial charge on any atom is 0.280 e. The molecule has 4 rings (SSSR count). The molecule has 0 aliphatic carbocycles. The normalized spacial score (nSPS) is 14.9. The monoisotopic (exact) mass is 457 g/mol. The molecule has 1 aliphatic rings. The van der Waals surface area contributed by atoms with Gasteiger partial charge in [-0.15, -0.1) is 0 Å². The molecule has 0 N–H and O–H groups in total. The lowest BCUT2D eigenvalue weighted by Crippen LogP contribution is -2.43. The Hall–Kier alpha value is -2.49. The van der Waals surface area contributed by atoms with Crippen LogP contribution in [0.15, 0.2) is 24.3 Å². The van der Waals surface area contributed by atoms with Crippen LogP contribution in [0.3, 0.4) is 0 Å². The van der Waals surface area contributed by atoms with Crippen molar-refractivity contribution in [3.05, 3.63) is 35.7 Å². The average molecular weight is 458 g/mol. The van der Waals surface area contributed by atoms with Gasteiger partial charge in [0.2, 0.25) is 0 Å². The number of aromatic nitrogens is 3. The molecule has 1 aromatic carbocycles. The van der Waals surface area contributed by atoms with Crippen molar-refractivity contribution in [1.82, 2.24) is 19.7 Å². The summed E-state index contributed by atoms with van der Waals surface area (Å²) in [6.07, 6.45) is 0. The van der Waals surface area contributed by atoms with Gasteiger partial charge in [-0.05, 0) is 52.0 Å². The molecule has 0 spiro atoms. The van der Waals surface area contributed by atoms with E-state index in [1.54, 1.807) is 4.90 Å². The van der Waals surface area contributed by atoms with Gasteiger partial charge in [-0.3, -0.25) is 19.3 Å². The first-order valence-electron chi connectivity index (χ1n) is 11.2. The number of nitrogens with zero attached hydrogens (tertiary/aromatic N) is 5. The first kappa shape index (κ1) is 22.7. The molecule has 0 saturated carbocycles. The minimum atomic E-state index is -0.121. The lowest BCUT2D eigenvalue weighted by molar-refractivity contribution is 0.0391. The van der Waals surface area contributed by atoms with Gasteiger partial charge in [0.25, 0.3) is 5.91 Å². The summed E-state index contributed by atoms with van der Waals surface area (Å²) in [6.45, 7) is 13.2. The zero-order chi connectivity index (χ0) is 22.7. The van der Waals surface area contributed by atoms with E-state index in [4.69, 9.17) is 14.5 Å². The third-order valence-electron chi connectivity index (χ3n) is 5.51. The van der Waals surface area contributed by atoms with Gasteiger partial charge in [-0.2, -0.15) is 5.10 Å². The number of amides is 1. The minimum Gasteiger partial charge on any atom is -0.494 e. The van der Waals surface area contributed by atoms with Crippen molar-refractivity contribution in [2.45, 2.75) is 33.7 Å². The second kappa shape index (κ2) is 9.97. The van der Waals surface area contributed by atoms with Crippen LogP contribution in [0.1, 0.15) is 43.0 Å². The Balaban J connectivity index is 1.64. The second-order valence-corrected chi connectivity index (χ2v) is 9.19. The molecule has 0 unspecified atom stereocenters. The summed E-state index contributed by atoms with van der Waals surface area (Å²) in [6, 6.07) is 7.91. The molecule has 1 fully saturated rings. The van der Waals surface area contributed by atoms with Crippen LogP contribution in [-0.4, -0.2) is 71.6 Å². The maximum absolute atomic E-state index is 13.6. The van der Waals surface area contributed by atoms with Crippen molar-refractivity contribution in [2.75, 3.05) is 50.9 Å². The van der Waals surface area contributed by atoms with Crippen LogP contribution in [0.5, 0.6) is 5.75 Å². The first-order valence-corrected chi connectivity index (χ1v) is 12.0. The average Bonchev–Trinajstić information content (AvgIpc) is 3.38. The SMILES string of the molecule is CCOc1ccc2nc(N(CCN3CCOCC3)C(=O)c3cc(C)n(C(C)C)n3)sc2c1. The molecule has 1 amide bonds. The van der Waals surface area contributed by atoms with Crippen LogP contribution in [0, 0.1) is 6.92 Å². The van der Waals surface area contributed by atoms with Crippen LogP contribution >= 0.6 is 11.3 Å². The minimum absolute atomic E-state index is 0.121. The molecule has 1 saturated heterocycles. The van der Waals surface area contributed by atoms with E-state index in [0.717, 1.165) is 54.5 Å². The summed E-state index contributed by atoms with van der Waals surface area (Å²) in [7, 11) is 0. The predicted octanol–water partition coefficient (Wildman–Crippen LogP) is 3.76. The number of morpholine rings is 1. The summed E-state index contributed by atoms with van der Waals surface area (Å²) in [5.74, 6) is 0.692. The number of thiazole rings is 1. The Morgan fingerprint density at radius 1 is 1.28 bits per heavy atom. The third-order valence-corrected chi connectivity index (χ3v) is 6.55. The summed E-state index contributed by atoms with van der Waals surface area (Å²) in [5, 5.41) is 5.28. The van der Waals surface area contributed by atoms with E-state index < -0.39 is 0 Å². The zero-order valence-electron chi connectivity index (χ0n) is 19.2. The molecule has 9 heteroatoms. The lowest BCUT2D eigenvalue weighted by atomic mass is 10.3. The lowest BCUT2D eigenvalue weighted by Gasteiger charge is -2.29. The molecular weight excluding hydrogens is 426 g/mol.